The van der Waals surface area contributed by atoms with Crippen LogP contribution < -0.4 is 4.74 Å². The Labute approximate surface area is 169 Å². The van der Waals surface area contributed by atoms with Crippen LogP contribution in [0.25, 0.3) is 17.2 Å². The molecule has 0 aromatic heterocycles. The zero-order valence-electron chi connectivity index (χ0n) is 15.3. The minimum Gasteiger partial charge on any atom is -0.508 e. The number of hydrogen-bond acceptors (Lipinski definition) is 2. The number of halogens is 1. The summed E-state index contributed by atoms with van der Waals surface area (Å²) in [6, 6.07) is 23.9. The third-order valence-corrected chi connectivity index (χ3v) is 4.45. The number of benzene rings is 3. The molecule has 3 rings (SSSR count). The van der Waals surface area contributed by atoms with Crippen LogP contribution >= 0.6 is 15.9 Å². The number of ether oxygens (including phenoxy) is 1. The van der Waals surface area contributed by atoms with Gasteiger partial charge in [-0.25, -0.2) is 0 Å². The summed E-state index contributed by atoms with van der Waals surface area (Å²) in [5.74, 6) is 1.18. The van der Waals surface area contributed by atoms with Crippen molar-refractivity contribution in [2.75, 3.05) is 0 Å². The van der Waals surface area contributed by atoms with Gasteiger partial charge in [-0.15, -0.1) is 0 Å². The van der Waals surface area contributed by atoms with Crippen LogP contribution in [0.4, 0.5) is 0 Å². The molecule has 1 atom stereocenters. The Morgan fingerprint density at radius 2 is 1.56 bits per heavy atom. The molecule has 1 N–H and O–H groups in total. The summed E-state index contributed by atoms with van der Waals surface area (Å²) in [7, 11) is 0. The molecule has 27 heavy (non-hydrogen) atoms. The summed E-state index contributed by atoms with van der Waals surface area (Å²) in [5.41, 5.74) is 4.66. The molecule has 0 saturated heterocycles. The van der Waals surface area contributed by atoms with Crippen LogP contribution in [0.5, 0.6) is 11.5 Å². The Morgan fingerprint density at radius 3 is 2.22 bits per heavy atom. The molecule has 3 aromatic carbocycles. The van der Waals surface area contributed by atoms with Crippen molar-refractivity contribution in [2.24, 2.45) is 0 Å². The molecule has 138 valence electrons. The van der Waals surface area contributed by atoms with Gasteiger partial charge in [0.1, 0.15) is 11.5 Å². The zero-order valence-corrected chi connectivity index (χ0v) is 16.9. The van der Waals surface area contributed by atoms with Gasteiger partial charge in [0.25, 0.3) is 0 Å². The van der Waals surface area contributed by atoms with E-state index in [9.17, 15) is 5.11 Å². The lowest BCUT2D eigenvalue weighted by Crippen LogP contribution is -2.02. The van der Waals surface area contributed by atoms with Gasteiger partial charge in [0.05, 0.1) is 0 Å². The van der Waals surface area contributed by atoms with E-state index in [1.165, 1.54) is 5.56 Å². The Hall–Kier alpha value is -2.52. The molecule has 0 heterocycles. The largest absolute Gasteiger partial charge is 0.508 e. The van der Waals surface area contributed by atoms with Gasteiger partial charge in [0.15, 0.2) is 5.01 Å². The normalized spacial score (nSPS) is 12.2. The van der Waals surface area contributed by atoms with Crippen LogP contribution in [0, 0.1) is 0 Å². The monoisotopic (exact) mass is 422 g/mol. The average Bonchev–Trinajstić information content (AvgIpc) is 2.67. The first-order valence-corrected chi connectivity index (χ1v) is 9.98. The van der Waals surface area contributed by atoms with E-state index in [2.05, 4.69) is 58.4 Å². The van der Waals surface area contributed by atoms with Crippen LogP contribution in [0.2, 0.25) is 0 Å². The van der Waals surface area contributed by atoms with E-state index in [1.54, 1.807) is 12.1 Å². The maximum Gasteiger partial charge on any atom is 0.150 e. The molecule has 0 fully saturated rings. The van der Waals surface area contributed by atoms with E-state index >= 15 is 0 Å². The highest BCUT2D eigenvalue weighted by Gasteiger charge is 2.03. The van der Waals surface area contributed by atoms with Gasteiger partial charge < -0.3 is 9.84 Å². The Kier molecular flexibility index (Phi) is 6.72. The van der Waals surface area contributed by atoms with Crippen molar-refractivity contribution < 1.29 is 9.84 Å². The number of hydrogen-bond donors (Lipinski definition) is 1. The number of phenolic OH excluding ortho intramolecular Hbond substituents is 1. The first-order valence-electron chi connectivity index (χ1n) is 9.06. The molecule has 0 radical (unpaired) electrons. The number of alkyl halides is 1. The summed E-state index contributed by atoms with van der Waals surface area (Å²) in [6.45, 7) is 1.96. The number of aryl methyl sites for hydroxylation is 1. The molecule has 0 spiro atoms. The van der Waals surface area contributed by atoms with E-state index in [0.29, 0.717) is 5.75 Å². The minimum absolute atomic E-state index is 0.0147. The predicted octanol–water partition coefficient (Wildman–Crippen LogP) is 6.82. The van der Waals surface area contributed by atoms with Crippen molar-refractivity contribution in [1.82, 2.24) is 0 Å². The molecule has 1 unspecified atom stereocenters. The lowest BCUT2D eigenvalue weighted by atomic mass is 10.0. The second-order valence-corrected chi connectivity index (χ2v) is 7.67. The van der Waals surface area contributed by atoms with Crippen LogP contribution in [0.3, 0.4) is 0 Å². The highest BCUT2D eigenvalue weighted by atomic mass is 79.9. The summed E-state index contributed by atoms with van der Waals surface area (Å²) in [6.07, 6.45) is 6.27. The smallest absolute Gasteiger partial charge is 0.150 e. The van der Waals surface area contributed by atoms with Gasteiger partial charge in [0.2, 0.25) is 0 Å². The summed E-state index contributed by atoms with van der Waals surface area (Å²) in [5, 5.41) is 9.38. The third-order valence-electron chi connectivity index (χ3n) is 4.26. The fraction of sp³-hybridized carbons (Fsp3) is 0.167. The van der Waals surface area contributed by atoms with Crippen molar-refractivity contribution in [3.8, 4) is 22.6 Å². The lowest BCUT2D eigenvalue weighted by Gasteiger charge is -2.10. The molecule has 0 aliphatic carbocycles. The van der Waals surface area contributed by atoms with Crippen molar-refractivity contribution in [3.05, 3.63) is 90.0 Å². The maximum absolute atomic E-state index is 9.39. The molecular weight excluding hydrogens is 400 g/mol. The van der Waals surface area contributed by atoms with E-state index in [1.807, 2.05) is 37.3 Å². The van der Waals surface area contributed by atoms with Crippen LogP contribution in [0.1, 0.15) is 24.5 Å². The maximum atomic E-state index is 9.39. The standard InChI is InChI=1S/C24H23BrO2/c1-18(25)27-24-9-5-4-8-22(24)7-3-2-6-19-10-12-20(13-11-19)21-14-16-23(26)17-15-21/h3-5,7-18,26H,2,6H2,1H3/b7-3+. The minimum atomic E-state index is -0.0147. The molecule has 0 aliphatic heterocycles. The molecule has 2 nitrogen and oxygen atoms in total. The third kappa shape index (κ3) is 5.73. The van der Waals surface area contributed by atoms with Gasteiger partial charge >= 0.3 is 0 Å². The van der Waals surface area contributed by atoms with Crippen molar-refractivity contribution in [2.45, 2.75) is 24.8 Å². The van der Waals surface area contributed by atoms with Gasteiger partial charge in [-0.3, -0.25) is 0 Å². The van der Waals surface area contributed by atoms with Gasteiger partial charge in [-0.1, -0.05) is 66.7 Å². The van der Waals surface area contributed by atoms with Crippen LogP contribution in [-0.2, 0) is 6.42 Å². The van der Waals surface area contributed by atoms with Crippen molar-refractivity contribution in [3.63, 3.8) is 0 Å². The predicted molar refractivity (Wildman–Crippen MR) is 116 cm³/mol. The summed E-state index contributed by atoms with van der Waals surface area (Å²) in [4.78, 5) is 0. The summed E-state index contributed by atoms with van der Waals surface area (Å²) < 4.78 is 5.77. The van der Waals surface area contributed by atoms with Gasteiger partial charge in [0, 0.05) is 5.56 Å². The van der Waals surface area contributed by atoms with Crippen LogP contribution in [0.15, 0.2) is 78.9 Å². The van der Waals surface area contributed by atoms with Crippen molar-refractivity contribution in [1.29, 1.82) is 0 Å². The van der Waals surface area contributed by atoms with Gasteiger partial charge in [-0.05, 0) is 70.6 Å². The Morgan fingerprint density at radius 1 is 0.926 bits per heavy atom. The fourth-order valence-electron chi connectivity index (χ4n) is 2.88. The number of rotatable bonds is 7. The number of phenols is 1. The lowest BCUT2D eigenvalue weighted by molar-refractivity contribution is 0.313. The fourth-order valence-corrected chi connectivity index (χ4v) is 3.08. The molecule has 3 aromatic rings. The highest BCUT2D eigenvalue weighted by molar-refractivity contribution is 9.09. The molecular formula is C24H23BrO2. The topological polar surface area (TPSA) is 29.5 Å². The second kappa shape index (κ2) is 9.43. The highest BCUT2D eigenvalue weighted by Crippen LogP contribution is 2.24. The summed E-state index contributed by atoms with van der Waals surface area (Å²) >= 11 is 3.43. The van der Waals surface area contributed by atoms with Crippen LogP contribution in [-0.4, -0.2) is 10.1 Å². The molecule has 0 amide bonds. The average molecular weight is 423 g/mol. The zero-order chi connectivity index (χ0) is 19.1. The van der Waals surface area contributed by atoms with Gasteiger partial charge in [-0.2, -0.15) is 0 Å². The molecule has 3 heteroatoms. The number of allylic oxidation sites excluding steroid dienone is 1. The first-order chi connectivity index (χ1) is 13.1. The quantitative estimate of drug-likeness (QED) is 0.423. The Balaban J connectivity index is 1.58. The van der Waals surface area contributed by atoms with E-state index < -0.39 is 0 Å². The van der Waals surface area contributed by atoms with E-state index in [-0.39, 0.29) is 5.01 Å². The van der Waals surface area contributed by atoms with E-state index in [4.69, 9.17) is 4.74 Å². The molecule has 0 saturated carbocycles. The SMILES string of the molecule is CC(Br)Oc1ccccc1/C=C/CCc1ccc(-c2ccc(O)cc2)cc1. The van der Waals surface area contributed by atoms with Crippen molar-refractivity contribution >= 4 is 22.0 Å². The first kappa shape index (κ1) is 19.2. The van der Waals surface area contributed by atoms with E-state index in [0.717, 1.165) is 35.3 Å². The number of para-hydroxylation sites is 1. The molecule has 0 aliphatic rings. The second-order valence-electron chi connectivity index (χ2n) is 6.38. The number of aromatic hydroxyl groups is 1. The Bertz CT molecular complexity index is 881. The molecule has 0 bridgehead atoms.